The number of anilines is 1. The van der Waals surface area contributed by atoms with E-state index in [-0.39, 0.29) is 12.2 Å². The van der Waals surface area contributed by atoms with Gasteiger partial charge in [-0.25, -0.2) is 4.79 Å². The molecule has 7 heteroatoms. The molecule has 3 aromatic rings. The number of esters is 1. The van der Waals surface area contributed by atoms with E-state index < -0.39 is 17.7 Å². The summed E-state index contributed by atoms with van der Waals surface area (Å²) in [5.74, 6) is -0.524. The van der Waals surface area contributed by atoms with Crippen LogP contribution < -0.4 is 5.73 Å². The molecule has 0 bridgehead atoms. The molecule has 0 aliphatic carbocycles. The molecule has 0 aliphatic heterocycles. The zero-order valence-corrected chi connectivity index (χ0v) is 14.4. The minimum atomic E-state index is -4.41. The van der Waals surface area contributed by atoms with Gasteiger partial charge in [-0.05, 0) is 42.8 Å². The number of hydrogen-bond acceptors (Lipinski definition) is 3. The maximum Gasteiger partial charge on any atom is 0.416 e. The molecule has 1 aromatic heterocycles. The fraction of sp³-hybridized carbons (Fsp3) is 0.150. The lowest BCUT2D eigenvalue weighted by Crippen LogP contribution is -2.05. The van der Waals surface area contributed by atoms with Crippen LogP contribution in [0.1, 0.15) is 22.8 Å². The zero-order valence-electron chi connectivity index (χ0n) is 14.4. The number of ether oxygens (including phenoxy) is 1. The van der Waals surface area contributed by atoms with Gasteiger partial charge in [0.1, 0.15) is 0 Å². The summed E-state index contributed by atoms with van der Waals surface area (Å²) < 4.78 is 43.4. The molecule has 140 valence electrons. The second-order valence-corrected chi connectivity index (χ2v) is 5.89. The summed E-state index contributed by atoms with van der Waals surface area (Å²) in [6.45, 7) is 1.90. The van der Waals surface area contributed by atoms with Gasteiger partial charge in [-0.3, -0.25) is 0 Å². The van der Waals surface area contributed by atoms with Gasteiger partial charge in [-0.1, -0.05) is 24.3 Å². The second-order valence-electron chi connectivity index (χ2n) is 5.89. The first-order chi connectivity index (χ1) is 12.8. The van der Waals surface area contributed by atoms with Crippen molar-refractivity contribution >= 4 is 11.7 Å². The molecule has 2 aromatic carbocycles. The molecule has 0 saturated heterocycles. The van der Waals surface area contributed by atoms with Gasteiger partial charge in [-0.15, -0.1) is 0 Å². The van der Waals surface area contributed by atoms with E-state index in [1.54, 1.807) is 37.3 Å². The van der Waals surface area contributed by atoms with Gasteiger partial charge < -0.3 is 15.5 Å². The van der Waals surface area contributed by atoms with Gasteiger partial charge in [0, 0.05) is 16.9 Å². The van der Waals surface area contributed by atoms with Gasteiger partial charge in [0.2, 0.25) is 0 Å². The molecule has 4 nitrogen and oxygen atoms in total. The molecule has 0 amide bonds. The molecule has 0 fully saturated rings. The summed E-state index contributed by atoms with van der Waals surface area (Å²) in [4.78, 5) is 15.4. The van der Waals surface area contributed by atoms with Crippen LogP contribution in [-0.4, -0.2) is 17.6 Å². The Bertz CT molecular complexity index is 960. The highest BCUT2D eigenvalue weighted by Crippen LogP contribution is 2.33. The van der Waals surface area contributed by atoms with E-state index in [9.17, 15) is 18.0 Å². The molecular formula is C20H17F3N2O2. The van der Waals surface area contributed by atoms with Crippen LogP contribution in [0.5, 0.6) is 0 Å². The number of hydrogen-bond donors (Lipinski definition) is 2. The van der Waals surface area contributed by atoms with Gasteiger partial charge >= 0.3 is 12.1 Å². The van der Waals surface area contributed by atoms with Crippen molar-refractivity contribution in [2.75, 3.05) is 12.3 Å². The summed E-state index contributed by atoms with van der Waals surface area (Å²) in [5.41, 5.74) is 8.09. The van der Waals surface area contributed by atoms with E-state index in [4.69, 9.17) is 10.5 Å². The van der Waals surface area contributed by atoms with Crippen molar-refractivity contribution in [2.24, 2.45) is 0 Å². The summed E-state index contributed by atoms with van der Waals surface area (Å²) in [6.07, 6.45) is -4.41. The first kappa shape index (κ1) is 18.6. The lowest BCUT2D eigenvalue weighted by atomic mass is 10.1. The Hall–Kier alpha value is -3.22. The highest BCUT2D eigenvalue weighted by Gasteiger charge is 2.30. The number of carbonyl (C=O) groups excluding carboxylic acids is 1. The number of aromatic amines is 1. The molecule has 0 aliphatic rings. The predicted octanol–water partition coefficient (Wildman–Crippen LogP) is 5.13. The smallest absolute Gasteiger partial charge is 0.416 e. The Balaban J connectivity index is 2.07. The van der Waals surface area contributed by atoms with E-state index in [1.807, 2.05) is 0 Å². The lowest BCUT2D eigenvalue weighted by Gasteiger charge is -2.07. The van der Waals surface area contributed by atoms with E-state index in [2.05, 4.69) is 4.98 Å². The van der Waals surface area contributed by atoms with Crippen LogP contribution in [0.15, 0.2) is 54.6 Å². The van der Waals surface area contributed by atoms with Crippen LogP contribution >= 0.6 is 0 Å². The molecule has 3 N–H and O–H groups in total. The SMILES string of the molecule is CCOC(=O)c1cc(-c2ccc(C(F)(F)F)cc2)[nH]c1-c1cccc(N)c1. The number of nitrogens with one attached hydrogen (secondary N) is 1. The van der Waals surface area contributed by atoms with Crippen molar-refractivity contribution in [3.63, 3.8) is 0 Å². The van der Waals surface area contributed by atoms with Crippen LogP contribution in [0, 0.1) is 0 Å². The maximum absolute atomic E-state index is 12.8. The van der Waals surface area contributed by atoms with Gasteiger partial charge in [0.25, 0.3) is 0 Å². The molecule has 1 heterocycles. The van der Waals surface area contributed by atoms with E-state index in [1.165, 1.54) is 12.1 Å². The third kappa shape index (κ3) is 3.97. The minimum absolute atomic E-state index is 0.204. The normalized spacial score (nSPS) is 11.4. The van der Waals surface area contributed by atoms with Gasteiger partial charge in [0.05, 0.1) is 23.4 Å². The van der Waals surface area contributed by atoms with Crippen LogP contribution in [0.4, 0.5) is 18.9 Å². The highest BCUT2D eigenvalue weighted by atomic mass is 19.4. The molecule has 3 rings (SSSR count). The largest absolute Gasteiger partial charge is 0.462 e. The van der Waals surface area contributed by atoms with Crippen molar-refractivity contribution in [3.8, 4) is 22.5 Å². The Kier molecular flexibility index (Phi) is 4.94. The topological polar surface area (TPSA) is 68.1 Å². The first-order valence-corrected chi connectivity index (χ1v) is 8.23. The Labute approximate surface area is 153 Å². The first-order valence-electron chi connectivity index (χ1n) is 8.23. The third-order valence-corrected chi connectivity index (χ3v) is 4.01. The third-order valence-electron chi connectivity index (χ3n) is 4.01. The number of aromatic nitrogens is 1. The van der Waals surface area contributed by atoms with E-state index >= 15 is 0 Å². The molecule has 0 radical (unpaired) electrons. The number of carbonyl (C=O) groups is 1. The van der Waals surface area contributed by atoms with Gasteiger partial charge in [-0.2, -0.15) is 13.2 Å². The average molecular weight is 374 g/mol. The summed E-state index contributed by atoms with van der Waals surface area (Å²) in [6, 6.07) is 13.2. The Morgan fingerprint density at radius 2 is 1.78 bits per heavy atom. The summed E-state index contributed by atoms with van der Waals surface area (Å²) in [5, 5.41) is 0. The van der Waals surface area contributed by atoms with Crippen molar-refractivity contribution in [1.82, 2.24) is 4.98 Å². The van der Waals surface area contributed by atoms with Crippen LogP contribution in [-0.2, 0) is 10.9 Å². The van der Waals surface area contributed by atoms with Crippen molar-refractivity contribution in [1.29, 1.82) is 0 Å². The molecule has 27 heavy (non-hydrogen) atoms. The zero-order chi connectivity index (χ0) is 19.6. The standard InChI is InChI=1S/C20H17F3N2O2/c1-2-27-19(26)16-11-17(12-6-8-14(9-7-12)20(21,22)23)25-18(16)13-4-3-5-15(24)10-13/h3-11,25H,2,24H2,1H3. The Morgan fingerprint density at radius 1 is 1.07 bits per heavy atom. The van der Waals surface area contributed by atoms with Crippen molar-refractivity contribution in [2.45, 2.75) is 13.1 Å². The van der Waals surface area contributed by atoms with E-state index in [0.29, 0.717) is 28.2 Å². The summed E-state index contributed by atoms with van der Waals surface area (Å²) >= 11 is 0. The number of halogens is 3. The predicted molar refractivity (Wildman–Crippen MR) is 97.0 cm³/mol. The van der Waals surface area contributed by atoms with Crippen LogP contribution in [0.2, 0.25) is 0 Å². The number of nitrogen functional groups attached to an aromatic ring is 1. The number of H-pyrrole nitrogens is 1. The van der Waals surface area contributed by atoms with Crippen LogP contribution in [0.25, 0.3) is 22.5 Å². The molecule has 0 saturated carbocycles. The molecular weight excluding hydrogens is 357 g/mol. The number of nitrogens with two attached hydrogens (primary N) is 1. The van der Waals surface area contributed by atoms with Gasteiger partial charge in [0.15, 0.2) is 0 Å². The quantitative estimate of drug-likeness (QED) is 0.492. The monoisotopic (exact) mass is 374 g/mol. The maximum atomic E-state index is 12.8. The summed E-state index contributed by atoms with van der Waals surface area (Å²) in [7, 11) is 0. The van der Waals surface area contributed by atoms with E-state index in [0.717, 1.165) is 12.1 Å². The van der Waals surface area contributed by atoms with Crippen LogP contribution in [0.3, 0.4) is 0 Å². The fourth-order valence-corrected chi connectivity index (χ4v) is 2.74. The second kappa shape index (κ2) is 7.19. The molecule has 0 atom stereocenters. The number of benzene rings is 2. The number of alkyl halides is 3. The molecule has 0 unspecified atom stereocenters. The molecule has 0 spiro atoms. The van der Waals surface area contributed by atoms with Crippen molar-refractivity contribution in [3.05, 3.63) is 65.7 Å². The lowest BCUT2D eigenvalue weighted by molar-refractivity contribution is -0.137. The Morgan fingerprint density at radius 3 is 2.37 bits per heavy atom. The number of rotatable bonds is 4. The van der Waals surface area contributed by atoms with Crippen molar-refractivity contribution < 1.29 is 22.7 Å². The minimum Gasteiger partial charge on any atom is -0.462 e. The fourth-order valence-electron chi connectivity index (χ4n) is 2.74. The average Bonchev–Trinajstić information content (AvgIpc) is 3.07. The highest BCUT2D eigenvalue weighted by molar-refractivity contribution is 5.98.